The average molecular weight is 1130 g/mol. The van der Waals surface area contributed by atoms with Gasteiger partial charge in [-0.2, -0.15) is 0 Å². The molecule has 5 aromatic heterocycles. The highest BCUT2D eigenvalue weighted by Gasteiger charge is 2.18. The molecule has 3 atom stereocenters. The zero-order chi connectivity index (χ0) is 53.8. The molecular weight excluding hydrogens is 1050 g/mol. The molecule has 0 aliphatic carbocycles. The molecule has 0 spiro atoms. The zero-order valence-electron chi connectivity index (χ0n) is 45.2. The van der Waals surface area contributed by atoms with Crippen LogP contribution in [0.1, 0.15) is 93.7 Å². The number of rotatable bonds is 21. The molecule has 0 saturated heterocycles. The van der Waals surface area contributed by atoms with Crippen LogP contribution in [0.15, 0.2) is 172 Å². The van der Waals surface area contributed by atoms with Crippen LogP contribution in [-0.2, 0) is 0 Å². The van der Waals surface area contributed by atoms with Crippen molar-refractivity contribution in [1.29, 1.82) is 0 Å². The van der Waals surface area contributed by atoms with E-state index >= 15 is 0 Å². The van der Waals surface area contributed by atoms with Gasteiger partial charge in [-0.05, 0) is 149 Å². The summed E-state index contributed by atoms with van der Waals surface area (Å²) in [7, 11) is 14.2. The van der Waals surface area contributed by atoms with Gasteiger partial charge in [0.05, 0.1) is 15.9 Å². The highest BCUT2D eigenvalue weighted by atomic mass is 32.1. The summed E-state index contributed by atoms with van der Waals surface area (Å²) < 4.78 is 12.8. The third-order valence-corrected chi connectivity index (χ3v) is 16.2. The average Bonchev–Trinajstić information content (AvgIpc) is 4.29. The summed E-state index contributed by atoms with van der Waals surface area (Å²) >= 11 is 8.13. The van der Waals surface area contributed by atoms with E-state index in [1.54, 1.807) is 40.9 Å². The lowest BCUT2D eigenvalue weighted by Crippen LogP contribution is -2.18. The van der Waals surface area contributed by atoms with Crippen LogP contribution >= 0.6 is 56.7 Å². The topological polar surface area (TPSA) is 94.6 Å². The molecular formula is C62H80BN4O5S5. The zero-order valence-corrected chi connectivity index (χ0v) is 49.3. The fraction of sp³-hybridized carbons (Fsp3) is 0.323. The summed E-state index contributed by atoms with van der Waals surface area (Å²) in [5.41, 5.74) is 0. The Labute approximate surface area is 482 Å². The van der Waals surface area contributed by atoms with Gasteiger partial charge in [-0.15, -0.1) is 56.7 Å². The van der Waals surface area contributed by atoms with E-state index in [4.69, 9.17) is 9.47 Å². The lowest BCUT2D eigenvalue weighted by atomic mass is 10.1. The second kappa shape index (κ2) is 36.7. The quantitative estimate of drug-likeness (QED) is 0.0539. The Balaban J connectivity index is 0.000000345. The Morgan fingerprint density at radius 3 is 1.35 bits per heavy atom. The van der Waals surface area contributed by atoms with Crippen molar-refractivity contribution < 1.29 is 25.6 Å². The Bertz CT molecular complexity index is 2910. The smallest absolute Gasteiger partial charge is 0.174 e. The molecule has 0 aliphatic rings. The highest BCUT2D eigenvalue weighted by Crippen LogP contribution is 2.34. The second-order valence-electron chi connectivity index (χ2n) is 18.3. The van der Waals surface area contributed by atoms with E-state index in [1.807, 2.05) is 92.7 Å². The normalized spacial score (nSPS) is 11.7. The number of fused-ring (bicyclic) bond motifs is 2. The van der Waals surface area contributed by atoms with Gasteiger partial charge in [0.1, 0.15) is 23.7 Å². The molecule has 2 N–H and O–H groups in total. The Hall–Kier alpha value is -5.30. The number of benzene rings is 4. The van der Waals surface area contributed by atoms with Gasteiger partial charge in [0, 0.05) is 74.1 Å². The van der Waals surface area contributed by atoms with Gasteiger partial charge in [-0.1, -0.05) is 111 Å². The number of carbonyl (C=O) groups excluding carboxylic acids is 2. The number of nitrogens with one attached hydrogen (secondary N) is 1. The standard InChI is InChI=1S/C19H21NOS.C18H19NOS.C9H15NOS.C9H13NOS.C6H6OS.CH4.B.H2/c1-20(2)13-12-18(19-11-6-14-22-19)21-17-10-5-8-15-7-3-4-9-16(15)17;1-19-12-11-17(18-10-5-13-21-18)20-16-9-4-7-14-6-2-3-8-15(14)16;2*1-10(2)6-5-8(11)9-4-3-7-12-9;1-5(7)6-3-2-4-8-6;;;/h3-11,14,18H,12-13H2,1-2H3;2-10,13,17,19H,11-12H2,1H3;3-4,7-8,11H,5-6H2,1-2H3;3-4,7H,5-6H2,1-2H3;2-4H,1H3;1H4;;1H/i;;;;;;;1+1. The number of thiophene rings is 5. The van der Waals surface area contributed by atoms with Crippen LogP contribution in [0.4, 0.5) is 0 Å². The Morgan fingerprint density at radius 1 is 0.519 bits per heavy atom. The first-order chi connectivity index (χ1) is 36.3. The number of carbonyl (C=O) groups is 2. The summed E-state index contributed by atoms with van der Waals surface area (Å²) in [5.74, 6) is 2.33. The summed E-state index contributed by atoms with van der Waals surface area (Å²) in [6.45, 7) is 5.28. The molecule has 411 valence electrons. The van der Waals surface area contributed by atoms with Crippen LogP contribution in [0.2, 0.25) is 0 Å². The lowest BCUT2D eigenvalue weighted by molar-refractivity contribution is 0.0975. The van der Waals surface area contributed by atoms with Crippen LogP contribution in [0.25, 0.3) is 21.5 Å². The summed E-state index contributed by atoms with van der Waals surface area (Å²) in [5, 5.41) is 27.7. The molecule has 0 bridgehead atoms. The van der Waals surface area contributed by atoms with E-state index in [0.29, 0.717) is 6.42 Å². The molecule has 9 aromatic rings. The monoisotopic (exact) mass is 1130 g/mol. The molecule has 9 rings (SSSR count). The van der Waals surface area contributed by atoms with E-state index in [2.05, 4.69) is 149 Å². The largest absolute Gasteiger partial charge is 0.484 e. The van der Waals surface area contributed by atoms with Crippen LogP contribution in [0.3, 0.4) is 0 Å². The van der Waals surface area contributed by atoms with E-state index < -0.39 is 0 Å². The second-order valence-corrected chi connectivity index (χ2v) is 23.1. The summed E-state index contributed by atoms with van der Waals surface area (Å²) in [6, 6.07) is 49.2. The van der Waals surface area contributed by atoms with Crippen LogP contribution in [0, 0.1) is 0 Å². The Kier molecular flexibility index (Phi) is 31.5. The molecule has 0 amide bonds. The minimum atomic E-state index is -0.285. The molecule has 15 heteroatoms. The van der Waals surface area contributed by atoms with Crippen molar-refractivity contribution >= 4 is 98.2 Å². The Morgan fingerprint density at radius 2 is 0.935 bits per heavy atom. The molecule has 0 aliphatic heterocycles. The first-order valence-corrected chi connectivity index (χ1v) is 29.5. The molecule has 5 heterocycles. The number of nitrogens with zero attached hydrogens (tertiary/aromatic N) is 3. The molecule has 4 aromatic carbocycles. The number of hydrogen-bond donors (Lipinski definition) is 2. The van der Waals surface area contributed by atoms with Crippen molar-refractivity contribution in [1.82, 2.24) is 20.0 Å². The van der Waals surface area contributed by atoms with E-state index in [0.717, 1.165) is 71.6 Å². The van der Waals surface area contributed by atoms with Gasteiger partial charge in [0.15, 0.2) is 11.6 Å². The van der Waals surface area contributed by atoms with Crippen LogP contribution < -0.4 is 14.8 Å². The van der Waals surface area contributed by atoms with Crippen molar-refractivity contribution in [2.24, 2.45) is 0 Å². The number of aliphatic hydroxyl groups excluding tert-OH is 1. The maximum Gasteiger partial charge on any atom is 0.174 e. The van der Waals surface area contributed by atoms with Crippen LogP contribution in [0.5, 0.6) is 11.5 Å². The van der Waals surface area contributed by atoms with Crippen LogP contribution in [-0.4, -0.2) is 115 Å². The van der Waals surface area contributed by atoms with Gasteiger partial charge >= 0.3 is 0 Å². The lowest BCUT2D eigenvalue weighted by Gasteiger charge is -2.21. The van der Waals surface area contributed by atoms with Crippen molar-refractivity contribution in [3.8, 4) is 11.5 Å². The molecule has 3 radical (unpaired) electrons. The molecule has 0 saturated carbocycles. The number of ether oxygens (including phenoxy) is 2. The first kappa shape index (κ1) is 66.0. The third kappa shape index (κ3) is 23.7. The van der Waals surface area contributed by atoms with Crippen molar-refractivity contribution in [3.05, 3.63) is 197 Å². The predicted molar refractivity (Wildman–Crippen MR) is 338 cm³/mol. The molecule has 9 nitrogen and oxygen atoms in total. The van der Waals surface area contributed by atoms with E-state index in [-0.39, 0.29) is 47.1 Å². The maximum atomic E-state index is 11.4. The van der Waals surface area contributed by atoms with E-state index in [9.17, 15) is 14.7 Å². The van der Waals surface area contributed by atoms with E-state index in [1.165, 1.54) is 54.0 Å². The third-order valence-electron chi connectivity index (χ3n) is 11.4. The van der Waals surface area contributed by atoms with Gasteiger partial charge in [0.25, 0.3) is 0 Å². The highest BCUT2D eigenvalue weighted by molar-refractivity contribution is 7.12. The SMILES string of the molecule is C.CC(=O)c1cccs1.CN(C)CCC(=O)c1cccs1.CN(C)CCC(O)c1cccs1.CN(C)CCC(Oc1cccc2ccccc12)c1cccs1.CNCCC(Oc1cccc2ccccc12)c1cccs1.[2HH].[B]. The molecule has 0 fully saturated rings. The first-order valence-electron chi connectivity index (χ1n) is 25.1. The minimum absolute atomic E-state index is 0. The maximum absolute atomic E-state index is 11.4. The van der Waals surface area contributed by atoms with Crippen molar-refractivity contribution in [2.45, 2.75) is 58.3 Å². The molecule has 77 heavy (non-hydrogen) atoms. The van der Waals surface area contributed by atoms with Crippen molar-refractivity contribution in [3.63, 3.8) is 0 Å². The number of ketones is 2. The number of hydrogen-bond acceptors (Lipinski definition) is 14. The molecule has 3 unspecified atom stereocenters. The number of Topliss-reactive ketones (excluding diaryl/α,β-unsaturated/α-hetero) is 2. The fourth-order valence-corrected chi connectivity index (χ4v) is 11.0. The summed E-state index contributed by atoms with van der Waals surface area (Å²) in [4.78, 5) is 33.6. The summed E-state index contributed by atoms with van der Waals surface area (Å²) in [6.07, 6.45) is 3.29. The predicted octanol–water partition coefficient (Wildman–Crippen LogP) is 15.7. The van der Waals surface area contributed by atoms with Gasteiger partial charge in [-0.3, -0.25) is 9.59 Å². The van der Waals surface area contributed by atoms with Crippen molar-refractivity contribution in [2.75, 3.05) is 75.5 Å². The fourth-order valence-electron chi connectivity index (χ4n) is 7.39. The van der Waals surface area contributed by atoms with Gasteiger partial charge in [0.2, 0.25) is 0 Å². The van der Waals surface area contributed by atoms with Gasteiger partial charge < -0.3 is 34.6 Å². The minimum Gasteiger partial charge on any atom is -0.484 e. The number of aliphatic hydroxyl groups is 1. The van der Waals surface area contributed by atoms with Gasteiger partial charge in [-0.25, -0.2) is 0 Å².